The SMILES string of the molecule is C.CC(C)CC1CCCCC1.CC(C)CCC1=CCC=N1.CC(C)CCC1CCCCC1.CC(C)CCc1ccccc1.CC(C)CCn1cccc1.COCCC(C)C.COc1ccc(CCC(C)C)cc1. The molecule has 0 N–H and O–H groups in total. The van der Waals surface area contributed by atoms with Crippen molar-refractivity contribution in [3.05, 3.63) is 102 Å². The molecule has 0 atom stereocenters. The Morgan fingerprint density at radius 2 is 0.959 bits per heavy atom. The monoisotopic (exact) mass is 1010 g/mol. The molecule has 0 spiro atoms. The molecule has 0 radical (unpaired) electrons. The van der Waals surface area contributed by atoms with Crippen LogP contribution in [0.4, 0.5) is 0 Å². The van der Waals surface area contributed by atoms with E-state index in [9.17, 15) is 0 Å². The number of hydrogen-bond donors (Lipinski definition) is 0. The first-order chi connectivity index (χ1) is 34.4. The van der Waals surface area contributed by atoms with E-state index in [4.69, 9.17) is 9.47 Å². The maximum absolute atomic E-state index is 5.09. The number of rotatable bonds is 21. The number of allylic oxidation sites excluding steroid dienone is 2. The number of benzene rings is 2. The fourth-order valence-corrected chi connectivity index (χ4v) is 8.78. The van der Waals surface area contributed by atoms with Crippen LogP contribution in [0.1, 0.15) is 244 Å². The largest absolute Gasteiger partial charge is 0.497 e. The Hall–Kier alpha value is -3.11. The van der Waals surface area contributed by atoms with Gasteiger partial charge < -0.3 is 14.0 Å². The highest BCUT2D eigenvalue weighted by atomic mass is 16.5. The fourth-order valence-electron chi connectivity index (χ4n) is 8.78. The number of aryl methyl sites for hydroxylation is 3. The van der Waals surface area contributed by atoms with Gasteiger partial charge in [0.2, 0.25) is 0 Å². The molecule has 4 heteroatoms. The van der Waals surface area contributed by atoms with E-state index in [2.05, 4.69) is 180 Å². The minimum atomic E-state index is 0. The van der Waals surface area contributed by atoms with E-state index >= 15 is 0 Å². The molecule has 4 nitrogen and oxygen atoms in total. The van der Waals surface area contributed by atoms with Gasteiger partial charge in [0, 0.05) is 51.0 Å². The average Bonchev–Trinajstić information content (AvgIpc) is 4.10. The van der Waals surface area contributed by atoms with Gasteiger partial charge in [-0.1, -0.05) is 230 Å². The van der Waals surface area contributed by atoms with Gasteiger partial charge in [0.05, 0.1) is 7.11 Å². The molecule has 2 aliphatic carbocycles. The van der Waals surface area contributed by atoms with E-state index in [1.54, 1.807) is 14.2 Å². The van der Waals surface area contributed by atoms with E-state index < -0.39 is 0 Å². The Bertz CT molecular complexity index is 1600. The Balaban J connectivity index is 0. The molecular formula is C69H124N2O2. The average molecular weight is 1010 g/mol. The lowest BCUT2D eigenvalue weighted by atomic mass is 9.84. The van der Waals surface area contributed by atoms with Gasteiger partial charge in [-0.05, 0) is 146 Å². The van der Waals surface area contributed by atoms with Crippen LogP contribution in [0, 0.1) is 53.3 Å². The molecule has 3 aliphatic rings. The Morgan fingerprint density at radius 1 is 0.493 bits per heavy atom. The van der Waals surface area contributed by atoms with Crippen LogP contribution in [-0.4, -0.2) is 31.6 Å². The highest BCUT2D eigenvalue weighted by molar-refractivity contribution is 5.64. The molecule has 2 aromatic carbocycles. The third kappa shape index (κ3) is 48.3. The van der Waals surface area contributed by atoms with E-state index in [1.165, 1.54) is 145 Å². The predicted molar refractivity (Wildman–Crippen MR) is 330 cm³/mol. The van der Waals surface area contributed by atoms with Gasteiger partial charge in [0.25, 0.3) is 0 Å². The summed E-state index contributed by atoms with van der Waals surface area (Å²) in [7, 11) is 3.44. The molecule has 6 rings (SSSR count). The molecule has 2 fully saturated rings. The van der Waals surface area contributed by atoms with Crippen LogP contribution in [0.15, 0.2) is 95.9 Å². The maximum Gasteiger partial charge on any atom is 0.118 e. The summed E-state index contributed by atoms with van der Waals surface area (Å²) in [6, 6.07) is 23.1. The number of methoxy groups -OCH3 is 2. The zero-order valence-corrected chi connectivity index (χ0v) is 50.5. The number of ether oxygens (including phenoxy) is 2. The first-order valence-electron chi connectivity index (χ1n) is 29.9. The van der Waals surface area contributed by atoms with Crippen LogP contribution in [0.2, 0.25) is 0 Å². The second-order valence-electron chi connectivity index (χ2n) is 24.3. The quantitative estimate of drug-likeness (QED) is 0.107. The third-order valence-electron chi connectivity index (χ3n) is 13.7. The van der Waals surface area contributed by atoms with Crippen molar-refractivity contribution < 1.29 is 9.47 Å². The molecule has 0 bridgehead atoms. The van der Waals surface area contributed by atoms with E-state index in [0.717, 1.165) is 85.0 Å². The van der Waals surface area contributed by atoms with Crippen LogP contribution >= 0.6 is 0 Å². The van der Waals surface area contributed by atoms with E-state index in [1.807, 2.05) is 18.3 Å². The van der Waals surface area contributed by atoms with Gasteiger partial charge in [-0.3, -0.25) is 4.99 Å². The zero-order chi connectivity index (χ0) is 53.8. The molecule has 3 aromatic rings. The van der Waals surface area contributed by atoms with Gasteiger partial charge >= 0.3 is 0 Å². The molecule has 422 valence electrons. The van der Waals surface area contributed by atoms with Gasteiger partial charge in [-0.25, -0.2) is 0 Å². The van der Waals surface area contributed by atoms with Crippen LogP contribution < -0.4 is 4.74 Å². The Labute approximate surface area is 457 Å². The summed E-state index contributed by atoms with van der Waals surface area (Å²) in [4.78, 5) is 4.24. The van der Waals surface area contributed by atoms with Crippen molar-refractivity contribution >= 4 is 6.21 Å². The number of aromatic nitrogens is 1. The van der Waals surface area contributed by atoms with Crippen LogP contribution in [0.5, 0.6) is 5.75 Å². The first kappa shape index (κ1) is 72.0. The van der Waals surface area contributed by atoms with Crippen LogP contribution in [-0.2, 0) is 24.1 Å². The molecule has 2 heterocycles. The van der Waals surface area contributed by atoms with Crippen molar-refractivity contribution in [2.24, 2.45) is 58.3 Å². The van der Waals surface area contributed by atoms with Gasteiger partial charge in [0.1, 0.15) is 5.75 Å². The lowest BCUT2D eigenvalue weighted by molar-refractivity contribution is 0.183. The summed E-state index contributed by atoms with van der Waals surface area (Å²) in [5, 5.41) is 0. The third-order valence-corrected chi connectivity index (χ3v) is 13.7. The maximum atomic E-state index is 5.09. The standard InChI is InChI=1S/C12H18O.C11H22.C11H16.C10H20.2C9H15N.C6H14O.CH4/c1-10(2)4-5-11-6-8-12(13-3)9-7-11;2*1-10(2)8-9-11-6-4-3-5-7-11;1-9(2)8-10-6-4-3-5-7-10;1-8(2)5-6-9-4-3-7-10-9;1-9(2)5-8-10-6-3-4-7-10;1-6(2)4-5-7-3;/h6-10H,4-5H2,1-3H3;10-11H,3-9H2,1-2H3;3-7,10H,8-9H2,1-2H3;9-10H,3-8H2,1-2H3;4,7-8H,3,5-6H2,1-2H3;3-4,6-7,9H,5,8H2,1-2H3;6H,4-5H2,1-3H3;1H4. The summed E-state index contributed by atoms with van der Waals surface area (Å²) >= 11 is 0. The van der Waals surface area contributed by atoms with Crippen molar-refractivity contribution in [2.45, 2.75) is 252 Å². The zero-order valence-electron chi connectivity index (χ0n) is 50.5. The van der Waals surface area contributed by atoms with E-state index in [-0.39, 0.29) is 7.43 Å². The summed E-state index contributed by atoms with van der Waals surface area (Å²) in [6.07, 6.45) is 38.8. The van der Waals surface area contributed by atoms with Crippen molar-refractivity contribution in [3.8, 4) is 5.75 Å². The normalized spacial score (nSPS) is 14.3. The summed E-state index contributed by atoms with van der Waals surface area (Å²) < 4.78 is 12.2. The highest BCUT2D eigenvalue weighted by Gasteiger charge is 2.14. The van der Waals surface area contributed by atoms with Crippen molar-refractivity contribution in [3.63, 3.8) is 0 Å². The number of nitrogens with zero attached hydrogens (tertiary/aromatic N) is 2. The fraction of sp³-hybridized carbons (Fsp3) is 0.725. The lowest BCUT2D eigenvalue weighted by Gasteiger charge is -2.22. The van der Waals surface area contributed by atoms with Gasteiger partial charge in [-0.2, -0.15) is 0 Å². The Kier molecular flexibility index (Phi) is 47.8. The molecular weight excluding hydrogens is 889 g/mol. The minimum Gasteiger partial charge on any atom is -0.497 e. The second kappa shape index (κ2) is 48.5. The molecule has 0 saturated heterocycles. The second-order valence-corrected chi connectivity index (χ2v) is 24.3. The van der Waals surface area contributed by atoms with Gasteiger partial charge in [0.15, 0.2) is 0 Å². The van der Waals surface area contributed by atoms with Crippen molar-refractivity contribution in [1.29, 1.82) is 0 Å². The lowest BCUT2D eigenvalue weighted by Crippen LogP contribution is -2.08. The summed E-state index contributed by atoms with van der Waals surface area (Å²) in [5.74, 6) is 8.92. The topological polar surface area (TPSA) is 35.8 Å². The summed E-state index contributed by atoms with van der Waals surface area (Å²) in [6.45, 7) is 33.8. The van der Waals surface area contributed by atoms with E-state index in [0.29, 0.717) is 0 Å². The first-order valence-corrected chi connectivity index (χ1v) is 29.9. The number of aliphatic imine (C=N–C) groups is 1. The molecule has 0 unspecified atom stereocenters. The summed E-state index contributed by atoms with van der Waals surface area (Å²) in [5.41, 5.74) is 4.14. The molecule has 73 heavy (non-hydrogen) atoms. The van der Waals surface area contributed by atoms with Crippen LogP contribution in [0.3, 0.4) is 0 Å². The molecule has 1 aliphatic heterocycles. The molecule has 0 amide bonds. The minimum absolute atomic E-state index is 0. The number of hydrogen-bond acceptors (Lipinski definition) is 3. The molecule has 1 aromatic heterocycles. The van der Waals surface area contributed by atoms with Crippen LogP contribution in [0.25, 0.3) is 0 Å². The smallest absolute Gasteiger partial charge is 0.118 e. The van der Waals surface area contributed by atoms with Crippen molar-refractivity contribution in [1.82, 2.24) is 4.57 Å². The predicted octanol–water partition coefficient (Wildman–Crippen LogP) is 21.8. The molecule has 2 saturated carbocycles. The Morgan fingerprint density at radius 3 is 1.37 bits per heavy atom. The van der Waals surface area contributed by atoms with Gasteiger partial charge in [-0.15, -0.1) is 0 Å². The van der Waals surface area contributed by atoms with Crippen molar-refractivity contribution in [2.75, 3.05) is 20.8 Å². The highest BCUT2D eigenvalue weighted by Crippen LogP contribution is 2.29.